The van der Waals surface area contributed by atoms with Crippen molar-refractivity contribution in [3.05, 3.63) is 11.5 Å². The van der Waals surface area contributed by atoms with E-state index in [9.17, 15) is 13.2 Å². The summed E-state index contributed by atoms with van der Waals surface area (Å²) >= 11 is 0. The van der Waals surface area contributed by atoms with Crippen molar-refractivity contribution in [2.45, 2.75) is 6.92 Å². The largest absolute Gasteiger partial charge is 0.462 e. The van der Waals surface area contributed by atoms with Crippen LogP contribution in [0.15, 0.2) is 11.5 Å². The van der Waals surface area contributed by atoms with Gasteiger partial charge in [-0.2, -0.15) is 0 Å². The summed E-state index contributed by atoms with van der Waals surface area (Å²) in [5, 5.41) is 0.996. The molecule has 0 saturated heterocycles. The van der Waals surface area contributed by atoms with Crippen molar-refractivity contribution in [2.75, 3.05) is 12.9 Å². The minimum absolute atomic E-state index is 0.00238. The molecule has 0 bridgehead atoms. The number of ether oxygens (including phenoxy) is 1. The lowest BCUT2D eigenvalue weighted by atomic mass is 10.7. The molecule has 0 radical (unpaired) electrons. The molecule has 0 spiro atoms. The Bertz CT molecular complexity index is 250. The molecule has 64 valence electrons. The summed E-state index contributed by atoms with van der Waals surface area (Å²) in [5.41, 5.74) is 0. The first-order chi connectivity index (χ1) is 4.92. The molecule has 0 fully saturated rings. The first-order valence-corrected chi connectivity index (χ1v) is 4.87. The van der Waals surface area contributed by atoms with E-state index in [0.717, 1.165) is 11.7 Å². The number of esters is 1. The van der Waals surface area contributed by atoms with Crippen molar-refractivity contribution in [3.8, 4) is 0 Å². The average molecular weight is 178 g/mol. The Balaban J connectivity index is 3.72. The fourth-order valence-corrected chi connectivity index (χ4v) is 0.808. The van der Waals surface area contributed by atoms with Gasteiger partial charge in [-0.15, -0.1) is 0 Å². The molecule has 0 aliphatic carbocycles. The zero-order valence-electron chi connectivity index (χ0n) is 6.40. The number of carbonyl (C=O) groups excluding carboxylic acids is 1. The fraction of sp³-hybridized carbons (Fsp3) is 0.500. The van der Waals surface area contributed by atoms with Crippen LogP contribution in [0.3, 0.4) is 0 Å². The summed E-state index contributed by atoms with van der Waals surface area (Å²) in [4.78, 5) is 10.2. The highest BCUT2D eigenvalue weighted by Crippen LogP contribution is 1.86. The lowest BCUT2D eigenvalue weighted by Gasteiger charge is -1.93. The van der Waals surface area contributed by atoms with E-state index >= 15 is 0 Å². The van der Waals surface area contributed by atoms with Crippen LogP contribution in [-0.4, -0.2) is 27.2 Å². The number of hydrogen-bond donors (Lipinski definition) is 0. The van der Waals surface area contributed by atoms with E-state index in [1.807, 2.05) is 0 Å². The Morgan fingerprint density at radius 1 is 1.55 bits per heavy atom. The van der Waals surface area contributed by atoms with Gasteiger partial charge in [0.05, 0.1) is 0 Å². The number of sulfone groups is 1. The molecule has 0 aromatic carbocycles. The molecular formula is C6H10O4S. The van der Waals surface area contributed by atoms with Gasteiger partial charge < -0.3 is 4.74 Å². The lowest BCUT2D eigenvalue weighted by molar-refractivity contribution is -0.139. The van der Waals surface area contributed by atoms with Gasteiger partial charge in [-0.3, -0.25) is 4.79 Å². The predicted octanol–water partition coefficient (Wildman–Crippen LogP) is 0.108. The van der Waals surface area contributed by atoms with Gasteiger partial charge in [0.15, 0.2) is 9.84 Å². The maximum absolute atomic E-state index is 10.4. The summed E-state index contributed by atoms with van der Waals surface area (Å²) in [7, 11) is -3.09. The van der Waals surface area contributed by atoms with E-state index in [4.69, 9.17) is 0 Å². The Hall–Kier alpha value is -0.840. The fourth-order valence-electron chi connectivity index (χ4n) is 0.380. The highest BCUT2D eigenvalue weighted by atomic mass is 32.2. The normalized spacial score (nSPS) is 11.8. The zero-order chi connectivity index (χ0) is 8.91. The van der Waals surface area contributed by atoms with Gasteiger partial charge >= 0.3 is 5.97 Å². The van der Waals surface area contributed by atoms with Crippen LogP contribution in [0, 0.1) is 0 Å². The molecule has 0 aromatic rings. The van der Waals surface area contributed by atoms with E-state index < -0.39 is 15.8 Å². The SMILES string of the molecule is CC(=O)OC/C=C/S(C)(=O)=O. The van der Waals surface area contributed by atoms with Crippen molar-refractivity contribution in [3.63, 3.8) is 0 Å². The van der Waals surface area contributed by atoms with Gasteiger partial charge in [0.1, 0.15) is 6.61 Å². The van der Waals surface area contributed by atoms with Gasteiger partial charge in [0, 0.05) is 18.6 Å². The molecule has 0 amide bonds. The van der Waals surface area contributed by atoms with Crippen LogP contribution in [0.5, 0.6) is 0 Å². The molecule has 0 N–H and O–H groups in total. The molecule has 0 saturated carbocycles. The van der Waals surface area contributed by atoms with E-state index in [1.165, 1.54) is 13.0 Å². The second kappa shape index (κ2) is 4.12. The van der Waals surface area contributed by atoms with Gasteiger partial charge in [-0.1, -0.05) is 0 Å². The quantitative estimate of drug-likeness (QED) is 0.575. The maximum Gasteiger partial charge on any atom is 0.302 e. The standard InChI is InChI=1S/C6H10O4S/c1-6(7)10-4-3-5-11(2,8)9/h3,5H,4H2,1-2H3/b5-3+. The number of hydrogen-bond acceptors (Lipinski definition) is 4. The second-order valence-electron chi connectivity index (χ2n) is 2.00. The van der Waals surface area contributed by atoms with Gasteiger partial charge in [-0.05, 0) is 6.08 Å². The highest BCUT2D eigenvalue weighted by molar-refractivity contribution is 7.93. The topological polar surface area (TPSA) is 60.4 Å². The van der Waals surface area contributed by atoms with Crippen LogP contribution < -0.4 is 0 Å². The molecule has 0 unspecified atom stereocenters. The number of carbonyl (C=O) groups is 1. The van der Waals surface area contributed by atoms with E-state index in [2.05, 4.69) is 4.74 Å². The van der Waals surface area contributed by atoms with Crippen molar-refractivity contribution < 1.29 is 17.9 Å². The zero-order valence-corrected chi connectivity index (χ0v) is 7.22. The molecular weight excluding hydrogens is 168 g/mol. The summed E-state index contributed by atoms with van der Waals surface area (Å²) < 4.78 is 25.3. The van der Waals surface area contributed by atoms with E-state index in [-0.39, 0.29) is 6.61 Å². The summed E-state index contributed by atoms with van der Waals surface area (Å²) in [6.45, 7) is 1.26. The second-order valence-corrected chi connectivity index (χ2v) is 3.94. The maximum atomic E-state index is 10.4. The van der Waals surface area contributed by atoms with Crippen LogP contribution in [0.2, 0.25) is 0 Å². The van der Waals surface area contributed by atoms with Gasteiger partial charge in [0.2, 0.25) is 0 Å². The minimum atomic E-state index is -3.09. The third-order valence-corrected chi connectivity index (χ3v) is 1.41. The third kappa shape index (κ3) is 9.16. The molecule has 0 aliphatic heterocycles. The van der Waals surface area contributed by atoms with Crippen LogP contribution >= 0.6 is 0 Å². The van der Waals surface area contributed by atoms with Crippen LogP contribution in [0.4, 0.5) is 0 Å². The Morgan fingerprint density at radius 2 is 2.09 bits per heavy atom. The smallest absolute Gasteiger partial charge is 0.302 e. The summed E-state index contributed by atoms with van der Waals surface area (Å²) in [6, 6.07) is 0. The first-order valence-electron chi connectivity index (χ1n) is 2.92. The lowest BCUT2D eigenvalue weighted by Crippen LogP contribution is -1.98. The van der Waals surface area contributed by atoms with Crippen molar-refractivity contribution in [2.24, 2.45) is 0 Å². The van der Waals surface area contributed by atoms with Crippen LogP contribution in [-0.2, 0) is 19.4 Å². The molecule has 0 rings (SSSR count). The molecule has 0 atom stereocenters. The Labute approximate surface area is 65.8 Å². The highest BCUT2D eigenvalue weighted by Gasteiger charge is 1.92. The number of rotatable bonds is 3. The Kier molecular flexibility index (Phi) is 3.81. The van der Waals surface area contributed by atoms with Crippen LogP contribution in [0.1, 0.15) is 6.92 Å². The molecule has 0 heterocycles. The average Bonchev–Trinajstić information content (AvgIpc) is 1.78. The molecule has 5 heteroatoms. The third-order valence-electron chi connectivity index (χ3n) is 0.726. The van der Waals surface area contributed by atoms with Crippen LogP contribution in [0.25, 0.3) is 0 Å². The first kappa shape index (κ1) is 10.2. The monoisotopic (exact) mass is 178 g/mol. The van der Waals surface area contributed by atoms with E-state index in [1.54, 1.807) is 0 Å². The van der Waals surface area contributed by atoms with Gasteiger partial charge in [-0.25, -0.2) is 8.42 Å². The summed E-state index contributed by atoms with van der Waals surface area (Å²) in [5.74, 6) is -0.428. The Morgan fingerprint density at radius 3 is 2.45 bits per heavy atom. The van der Waals surface area contributed by atoms with Crippen molar-refractivity contribution in [1.29, 1.82) is 0 Å². The van der Waals surface area contributed by atoms with E-state index in [0.29, 0.717) is 0 Å². The van der Waals surface area contributed by atoms with Crippen molar-refractivity contribution >= 4 is 15.8 Å². The molecule has 0 aromatic heterocycles. The predicted molar refractivity (Wildman–Crippen MR) is 40.6 cm³/mol. The molecule has 0 aliphatic rings. The van der Waals surface area contributed by atoms with Gasteiger partial charge in [0.25, 0.3) is 0 Å². The van der Waals surface area contributed by atoms with Crippen molar-refractivity contribution in [1.82, 2.24) is 0 Å². The molecule has 11 heavy (non-hydrogen) atoms. The minimum Gasteiger partial charge on any atom is -0.462 e. The molecule has 4 nitrogen and oxygen atoms in total. The summed E-state index contributed by atoms with van der Waals surface area (Å²) in [6.07, 6.45) is 2.34.